The van der Waals surface area contributed by atoms with Gasteiger partial charge < -0.3 is 10.5 Å². The second-order valence-electron chi connectivity index (χ2n) is 4.03. The fraction of sp³-hybridized carbons (Fsp3) is 0. The van der Waals surface area contributed by atoms with Crippen molar-refractivity contribution in [2.24, 2.45) is 5.73 Å². The number of hydrogen-bond acceptors (Lipinski definition) is 4. The smallest absolute Gasteiger partial charge is 0.288 e. The van der Waals surface area contributed by atoms with Gasteiger partial charge in [0.25, 0.3) is 5.69 Å². The van der Waals surface area contributed by atoms with Crippen LogP contribution in [0.3, 0.4) is 0 Å². The number of halogens is 2. The van der Waals surface area contributed by atoms with Crippen molar-refractivity contribution >= 4 is 34.7 Å². The van der Waals surface area contributed by atoms with Crippen LogP contribution in [0.2, 0.25) is 10.0 Å². The molecule has 0 aliphatic carbocycles. The molecule has 2 rings (SSSR count). The molecule has 0 aliphatic heterocycles. The van der Waals surface area contributed by atoms with E-state index in [1.54, 1.807) is 12.1 Å². The lowest BCUT2D eigenvalue weighted by Gasteiger charge is -2.11. The van der Waals surface area contributed by atoms with Crippen LogP contribution in [0.25, 0.3) is 0 Å². The van der Waals surface area contributed by atoms with Crippen molar-refractivity contribution < 1.29 is 9.66 Å². The second kappa shape index (κ2) is 5.99. The summed E-state index contributed by atoms with van der Waals surface area (Å²) in [6.45, 7) is 0. The number of rotatable bonds is 4. The summed E-state index contributed by atoms with van der Waals surface area (Å²) in [6, 6.07) is 8.58. The lowest BCUT2D eigenvalue weighted by molar-refractivity contribution is -0.384. The summed E-state index contributed by atoms with van der Waals surface area (Å²) in [6.07, 6.45) is 0. The molecule has 108 valence electrons. The van der Waals surface area contributed by atoms with Crippen LogP contribution in [0, 0.1) is 15.5 Å². The highest BCUT2D eigenvalue weighted by Crippen LogP contribution is 2.32. The molecule has 6 nitrogen and oxygen atoms in total. The molecule has 21 heavy (non-hydrogen) atoms. The van der Waals surface area contributed by atoms with Gasteiger partial charge in [0.15, 0.2) is 0 Å². The Morgan fingerprint density at radius 1 is 1.24 bits per heavy atom. The Bertz CT molecular complexity index is 735. The van der Waals surface area contributed by atoms with E-state index >= 15 is 0 Å². The third-order valence-corrected chi connectivity index (χ3v) is 3.11. The summed E-state index contributed by atoms with van der Waals surface area (Å²) >= 11 is 11.6. The molecule has 0 amide bonds. The zero-order valence-electron chi connectivity index (χ0n) is 10.5. The maximum atomic E-state index is 10.7. The number of nitrogens with one attached hydrogen (secondary N) is 1. The van der Waals surface area contributed by atoms with Gasteiger partial charge in [-0.05, 0) is 24.3 Å². The van der Waals surface area contributed by atoms with Crippen molar-refractivity contribution in [3.8, 4) is 11.5 Å². The number of nitrogens with zero attached hydrogens (tertiary/aromatic N) is 1. The number of nitrogen functional groups attached to an aromatic ring is 1. The van der Waals surface area contributed by atoms with Crippen LogP contribution in [-0.4, -0.2) is 10.8 Å². The van der Waals surface area contributed by atoms with Crippen molar-refractivity contribution in [1.29, 1.82) is 5.41 Å². The van der Waals surface area contributed by atoms with Crippen LogP contribution in [-0.2, 0) is 0 Å². The molecule has 0 spiro atoms. The normalized spacial score (nSPS) is 10.2. The Morgan fingerprint density at radius 3 is 2.52 bits per heavy atom. The van der Waals surface area contributed by atoms with Gasteiger partial charge >= 0.3 is 0 Å². The molecule has 3 N–H and O–H groups in total. The zero-order chi connectivity index (χ0) is 15.6. The van der Waals surface area contributed by atoms with Gasteiger partial charge in [0.05, 0.1) is 10.5 Å². The summed E-state index contributed by atoms with van der Waals surface area (Å²) in [4.78, 5) is 10.1. The molecule has 0 aromatic heterocycles. The number of nitro groups is 1. The number of nitrogens with two attached hydrogens (primary N) is 1. The fourth-order valence-electron chi connectivity index (χ4n) is 1.63. The lowest BCUT2D eigenvalue weighted by Crippen LogP contribution is -2.12. The topological polar surface area (TPSA) is 102 Å². The van der Waals surface area contributed by atoms with E-state index in [1.807, 2.05) is 0 Å². The quantitative estimate of drug-likeness (QED) is 0.384. The first-order chi connectivity index (χ1) is 9.88. The minimum atomic E-state index is -0.588. The average molecular weight is 326 g/mol. The molecule has 0 heterocycles. The van der Waals surface area contributed by atoms with Gasteiger partial charge in [-0.1, -0.05) is 23.2 Å². The van der Waals surface area contributed by atoms with Gasteiger partial charge in [0.2, 0.25) is 0 Å². The molecule has 0 atom stereocenters. The first kappa shape index (κ1) is 15.1. The minimum absolute atomic E-state index is 0.0455. The van der Waals surface area contributed by atoms with Crippen LogP contribution in [0.1, 0.15) is 5.56 Å². The summed E-state index contributed by atoms with van der Waals surface area (Å²) in [5, 5.41) is 18.6. The summed E-state index contributed by atoms with van der Waals surface area (Å²) in [7, 11) is 0. The Hall–Kier alpha value is -2.31. The van der Waals surface area contributed by atoms with Crippen LogP contribution in [0.5, 0.6) is 11.5 Å². The zero-order valence-corrected chi connectivity index (χ0v) is 12.0. The van der Waals surface area contributed by atoms with Crippen molar-refractivity contribution in [2.75, 3.05) is 0 Å². The summed E-state index contributed by atoms with van der Waals surface area (Å²) < 4.78 is 5.55. The molecule has 0 aliphatic rings. The lowest BCUT2D eigenvalue weighted by atomic mass is 10.2. The predicted molar refractivity (Wildman–Crippen MR) is 80.6 cm³/mol. The average Bonchev–Trinajstić information content (AvgIpc) is 2.40. The highest BCUT2D eigenvalue weighted by atomic mass is 35.5. The van der Waals surface area contributed by atoms with E-state index in [-0.39, 0.29) is 22.3 Å². The van der Waals surface area contributed by atoms with Gasteiger partial charge in [-0.2, -0.15) is 0 Å². The van der Waals surface area contributed by atoms with E-state index in [1.165, 1.54) is 24.3 Å². The summed E-state index contributed by atoms with van der Waals surface area (Å²) in [5.74, 6) is 0.382. The Labute approximate surface area is 129 Å². The van der Waals surface area contributed by atoms with Crippen LogP contribution in [0.15, 0.2) is 36.4 Å². The van der Waals surface area contributed by atoms with Crippen molar-refractivity contribution in [1.82, 2.24) is 0 Å². The molecular weight excluding hydrogens is 317 g/mol. The Balaban J connectivity index is 2.37. The van der Waals surface area contributed by atoms with E-state index in [0.29, 0.717) is 16.3 Å². The third-order valence-electron chi connectivity index (χ3n) is 2.58. The largest absolute Gasteiger partial charge is 0.457 e. The Morgan fingerprint density at radius 2 is 1.95 bits per heavy atom. The van der Waals surface area contributed by atoms with E-state index in [4.69, 9.17) is 39.1 Å². The third kappa shape index (κ3) is 3.42. The number of ether oxygens (including phenoxy) is 1. The first-order valence-corrected chi connectivity index (χ1v) is 6.40. The molecule has 0 saturated heterocycles. The molecule has 0 fully saturated rings. The standard InChI is InChI=1S/C13H9Cl2N3O3/c14-7-1-4-12(9(5-7)13(16)17)21-8-2-3-11(18(19)20)10(15)6-8/h1-6H,(H3,16,17). The van der Waals surface area contributed by atoms with E-state index in [2.05, 4.69) is 0 Å². The van der Waals surface area contributed by atoms with Gasteiger partial charge in [-0.25, -0.2) is 0 Å². The second-order valence-corrected chi connectivity index (χ2v) is 4.87. The fourth-order valence-corrected chi connectivity index (χ4v) is 2.04. The molecule has 2 aromatic carbocycles. The number of nitro benzene ring substituents is 1. The van der Waals surface area contributed by atoms with Crippen molar-refractivity contribution in [3.05, 3.63) is 62.1 Å². The monoisotopic (exact) mass is 325 g/mol. The molecule has 0 unspecified atom stereocenters. The van der Waals surface area contributed by atoms with E-state index in [0.717, 1.165) is 0 Å². The van der Waals surface area contributed by atoms with Gasteiger partial charge in [-0.3, -0.25) is 15.5 Å². The number of hydrogen-bond donors (Lipinski definition) is 2. The number of benzene rings is 2. The van der Waals surface area contributed by atoms with Crippen LogP contribution < -0.4 is 10.5 Å². The van der Waals surface area contributed by atoms with E-state index in [9.17, 15) is 10.1 Å². The SMILES string of the molecule is N=C(N)c1cc(Cl)ccc1Oc1ccc([N+](=O)[O-])c(Cl)c1. The molecule has 2 aromatic rings. The summed E-state index contributed by atoms with van der Waals surface area (Å²) in [5.41, 5.74) is 5.56. The predicted octanol–water partition coefficient (Wildman–Crippen LogP) is 3.98. The van der Waals surface area contributed by atoms with Crippen LogP contribution in [0.4, 0.5) is 5.69 Å². The maximum Gasteiger partial charge on any atom is 0.288 e. The highest BCUT2D eigenvalue weighted by molar-refractivity contribution is 6.32. The molecule has 0 saturated carbocycles. The molecule has 0 radical (unpaired) electrons. The van der Waals surface area contributed by atoms with Crippen molar-refractivity contribution in [3.63, 3.8) is 0 Å². The maximum absolute atomic E-state index is 10.7. The Kier molecular flexibility index (Phi) is 4.30. The molecule has 0 bridgehead atoms. The van der Waals surface area contributed by atoms with Crippen molar-refractivity contribution in [2.45, 2.75) is 0 Å². The van der Waals surface area contributed by atoms with Gasteiger partial charge in [0, 0.05) is 17.2 Å². The first-order valence-electron chi connectivity index (χ1n) is 5.64. The molecule has 8 heteroatoms. The highest BCUT2D eigenvalue weighted by Gasteiger charge is 2.14. The van der Waals surface area contributed by atoms with Gasteiger partial charge in [-0.15, -0.1) is 0 Å². The van der Waals surface area contributed by atoms with E-state index < -0.39 is 4.92 Å². The molecular formula is C13H9Cl2N3O3. The number of amidine groups is 1. The minimum Gasteiger partial charge on any atom is -0.457 e. The van der Waals surface area contributed by atoms with Crippen LogP contribution >= 0.6 is 23.2 Å². The van der Waals surface area contributed by atoms with Gasteiger partial charge in [0.1, 0.15) is 22.4 Å².